The molecule has 0 aliphatic rings. The average Bonchev–Trinajstić information content (AvgIpc) is 2.02. The molecule has 0 aromatic heterocycles. The van der Waals surface area contributed by atoms with Crippen LogP contribution in [-0.4, -0.2) is 11.0 Å². The summed E-state index contributed by atoms with van der Waals surface area (Å²) in [7, 11) is 0. The van der Waals surface area contributed by atoms with Crippen LogP contribution in [0.15, 0.2) is 0 Å². The highest BCUT2D eigenvalue weighted by atomic mass is 79.9. The fraction of sp³-hybridized carbons (Fsp3) is 0.778. The quantitative estimate of drug-likeness (QED) is 0.368. The minimum absolute atomic E-state index is 0.0930. The van der Waals surface area contributed by atoms with E-state index >= 15 is 0 Å². The van der Waals surface area contributed by atoms with Gasteiger partial charge in [0.2, 0.25) is 0 Å². The number of carbonyl (C=O) groups is 2. The van der Waals surface area contributed by atoms with Crippen molar-refractivity contribution in [1.29, 1.82) is 0 Å². The molecular formula is C9H15BrO2. The van der Waals surface area contributed by atoms with Crippen LogP contribution in [0, 0.1) is 0 Å². The Hall–Kier alpha value is -0.180. The molecular weight excluding hydrogens is 220 g/mol. The molecule has 0 heterocycles. The second kappa shape index (κ2) is 8.91. The number of rotatable bonds is 8. The van der Waals surface area contributed by atoms with Crippen LogP contribution in [0.4, 0.5) is 0 Å². The molecule has 0 amide bonds. The van der Waals surface area contributed by atoms with Gasteiger partial charge in [0.05, 0.1) is 0 Å². The Bertz CT molecular complexity index is 134. The maximum absolute atomic E-state index is 10.4. The molecule has 12 heavy (non-hydrogen) atoms. The highest BCUT2D eigenvalue weighted by Gasteiger charge is 1.94. The first-order chi connectivity index (χ1) is 5.77. The summed E-state index contributed by atoms with van der Waals surface area (Å²) >= 11 is 2.88. The molecule has 0 aliphatic carbocycles. The van der Waals surface area contributed by atoms with Gasteiger partial charge in [-0.15, -0.1) is 0 Å². The summed E-state index contributed by atoms with van der Waals surface area (Å²) in [5.41, 5.74) is 0. The summed E-state index contributed by atoms with van der Waals surface area (Å²) in [5, 5.41) is 0. The molecule has 0 bridgehead atoms. The number of hydrogen-bond donors (Lipinski definition) is 0. The third-order valence-corrected chi connectivity index (χ3v) is 2.09. The zero-order valence-corrected chi connectivity index (χ0v) is 8.81. The normalized spacial score (nSPS) is 9.75. The van der Waals surface area contributed by atoms with E-state index < -0.39 is 0 Å². The number of carbonyl (C=O) groups excluding carboxylic acids is 2. The predicted molar refractivity (Wildman–Crippen MR) is 52.3 cm³/mol. The van der Waals surface area contributed by atoms with Crippen LogP contribution in [0.5, 0.6) is 0 Å². The van der Waals surface area contributed by atoms with Crippen molar-refractivity contribution in [3.05, 3.63) is 0 Å². The van der Waals surface area contributed by atoms with Crippen LogP contribution in [-0.2, 0) is 9.59 Å². The van der Waals surface area contributed by atoms with Gasteiger partial charge in [0.15, 0.2) is 4.69 Å². The van der Waals surface area contributed by atoms with Crippen LogP contribution in [0.25, 0.3) is 0 Å². The summed E-state index contributed by atoms with van der Waals surface area (Å²) in [6.07, 6.45) is 7.56. The molecule has 0 saturated carbocycles. The molecule has 0 aliphatic heterocycles. The van der Waals surface area contributed by atoms with Crippen molar-refractivity contribution in [1.82, 2.24) is 0 Å². The highest BCUT2D eigenvalue weighted by molar-refractivity contribution is 9.18. The minimum atomic E-state index is 0.0930. The fourth-order valence-corrected chi connectivity index (χ4v) is 1.30. The Morgan fingerprint density at radius 2 is 1.67 bits per heavy atom. The smallest absolute Gasteiger partial charge is 0.197 e. The minimum Gasteiger partial charge on any atom is -0.303 e. The van der Waals surface area contributed by atoms with Crippen molar-refractivity contribution in [2.75, 3.05) is 0 Å². The predicted octanol–water partition coefficient (Wildman–Crippen LogP) is 2.84. The summed E-state index contributed by atoms with van der Waals surface area (Å²) in [6.45, 7) is 0. The molecule has 70 valence electrons. The van der Waals surface area contributed by atoms with Crippen molar-refractivity contribution in [3.63, 3.8) is 0 Å². The first-order valence-corrected chi connectivity index (χ1v) is 5.18. The standard InChI is InChI=1S/C9H15BrO2/c10-9(12)7-5-3-1-2-4-6-8-11/h8H,1-7H2. The van der Waals surface area contributed by atoms with E-state index in [9.17, 15) is 9.59 Å². The van der Waals surface area contributed by atoms with Gasteiger partial charge in [-0.05, 0) is 28.8 Å². The second-order valence-electron chi connectivity index (χ2n) is 2.83. The van der Waals surface area contributed by atoms with Gasteiger partial charge in [0.1, 0.15) is 6.29 Å². The largest absolute Gasteiger partial charge is 0.303 e. The van der Waals surface area contributed by atoms with Gasteiger partial charge in [-0.2, -0.15) is 0 Å². The molecule has 3 heteroatoms. The lowest BCUT2D eigenvalue weighted by Crippen LogP contribution is -1.85. The monoisotopic (exact) mass is 234 g/mol. The van der Waals surface area contributed by atoms with Gasteiger partial charge in [-0.1, -0.05) is 19.3 Å². The lowest BCUT2D eigenvalue weighted by molar-refractivity contribution is -0.110. The number of hydrogen-bond acceptors (Lipinski definition) is 2. The Kier molecular flexibility index (Phi) is 8.78. The second-order valence-corrected chi connectivity index (χ2v) is 3.71. The van der Waals surface area contributed by atoms with E-state index in [1.165, 1.54) is 0 Å². The van der Waals surface area contributed by atoms with Crippen LogP contribution in [0.2, 0.25) is 0 Å². The molecule has 0 spiro atoms. The van der Waals surface area contributed by atoms with Crippen LogP contribution < -0.4 is 0 Å². The fourth-order valence-electron chi connectivity index (χ4n) is 1.02. The molecule has 0 aromatic carbocycles. The Balaban J connectivity index is 2.90. The summed E-state index contributed by atoms with van der Waals surface area (Å²) < 4.78 is 0.0930. The van der Waals surface area contributed by atoms with Gasteiger partial charge in [0.25, 0.3) is 0 Å². The van der Waals surface area contributed by atoms with Crippen molar-refractivity contribution in [2.45, 2.75) is 44.9 Å². The highest BCUT2D eigenvalue weighted by Crippen LogP contribution is 2.07. The SMILES string of the molecule is O=CCCCCCCCC(=O)Br. The third-order valence-electron chi connectivity index (χ3n) is 1.70. The number of halogens is 1. The Morgan fingerprint density at radius 1 is 1.08 bits per heavy atom. The van der Waals surface area contributed by atoms with Crippen LogP contribution in [0.3, 0.4) is 0 Å². The Morgan fingerprint density at radius 3 is 2.25 bits per heavy atom. The first-order valence-electron chi connectivity index (χ1n) is 4.39. The molecule has 0 aromatic rings. The van der Waals surface area contributed by atoms with E-state index in [2.05, 4.69) is 15.9 Å². The molecule has 2 nitrogen and oxygen atoms in total. The summed E-state index contributed by atoms with van der Waals surface area (Å²) in [6, 6.07) is 0. The molecule has 0 radical (unpaired) electrons. The number of aldehydes is 1. The van der Waals surface area contributed by atoms with Gasteiger partial charge >= 0.3 is 0 Å². The summed E-state index contributed by atoms with van der Waals surface area (Å²) in [5.74, 6) is 0. The lowest BCUT2D eigenvalue weighted by Gasteiger charge is -1.96. The summed E-state index contributed by atoms with van der Waals surface area (Å²) in [4.78, 5) is 20.4. The zero-order valence-electron chi connectivity index (χ0n) is 7.22. The topological polar surface area (TPSA) is 34.1 Å². The van der Waals surface area contributed by atoms with E-state index in [0.29, 0.717) is 12.8 Å². The Labute approximate surface area is 81.8 Å². The molecule has 0 rings (SSSR count). The first kappa shape index (κ1) is 11.8. The molecule has 0 saturated heterocycles. The van der Waals surface area contributed by atoms with Crippen molar-refractivity contribution in [2.24, 2.45) is 0 Å². The van der Waals surface area contributed by atoms with E-state index in [-0.39, 0.29) is 4.69 Å². The molecule has 0 unspecified atom stereocenters. The van der Waals surface area contributed by atoms with E-state index in [1.54, 1.807) is 0 Å². The maximum Gasteiger partial charge on any atom is 0.197 e. The van der Waals surface area contributed by atoms with Crippen molar-refractivity contribution in [3.8, 4) is 0 Å². The third kappa shape index (κ3) is 9.82. The van der Waals surface area contributed by atoms with Crippen molar-refractivity contribution >= 4 is 26.9 Å². The van der Waals surface area contributed by atoms with Gasteiger partial charge in [0, 0.05) is 12.8 Å². The molecule has 0 fully saturated rings. The molecule has 0 atom stereocenters. The zero-order chi connectivity index (χ0) is 9.23. The molecule has 0 N–H and O–H groups in total. The van der Waals surface area contributed by atoms with Gasteiger partial charge in [-0.3, -0.25) is 4.79 Å². The van der Waals surface area contributed by atoms with Crippen molar-refractivity contribution < 1.29 is 9.59 Å². The maximum atomic E-state index is 10.4. The van der Waals surface area contributed by atoms with E-state index in [4.69, 9.17) is 0 Å². The van der Waals surface area contributed by atoms with Crippen LogP contribution in [0.1, 0.15) is 44.9 Å². The van der Waals surface area contributed by atoms with Crippen LogP contribution >= 0.6 is 15.9 Å². The average molecular weight is 235 g/mol. The van der Waals surface area contributed by atoms with Gasteiger partial charge < -0.3 is 4.79 Å². The lowest BCUT2D eigenvalue weighted by atomic mass is 10.1. The van der Waals surface area contributed by atoms with E-state index in [1.807, 2.05) is 0 Å². The van der Waals surface area contributed by atoms with E-state index in [0.717, 1.165) is 38.4 Å². The number of unbranched alkanes of at least 4 members (excludes halogenated alkanes) is 5. The van der Waals surface area contributed by atoms with Gasteiger partial charge in [-0.25, -0.2) is 0 Å².